The van der Waals surface area contributed by atoms with E-state index in [9.17, 15) is 4.79 Å². The number of hydrogen-bond acceptors (Lipinski definition) is 6. The SMILES string of the molecule is CNc1cnc(C(=O)N(C)Cc2ncn[nH]2)cn1. The lowest BCUT2D eigenvalue weighted by Crippen LogP contribution is -2.27. The average molecular weight is 247 g/mol. The molecule has 8 heteroatoms. The van der Waals surface area contributed by atoms with Gasteiger partial charge in [0.2, 0.25) is 0 Å². The molecule has 0 atom stereocenters. The molecule has 18 heavy (non-hydrogen) atoms. The van der Waals surface area contributed by atoms with Crippen molar-refractivity contribution in [2.75, 3.05) is 19.4 Å². The van der Waals surface area contributed by atoms with Crippen molar-refractivity contribution in [2.24, 2.45) is 0 Å². The molecule has 2 N–H and O–H groups in total. The van der Waals surface area contributed by atoms with E-state index in [2.05, 4.69) is 30.5 Å². The van der Waals surface area contributed by atoms with Gasteiger partial charge in [-0.3, -0.25) is 9.89 Å². The monoisotopic (exact) mass is 247 g/mol. The smallest absolute Gasteiger partial charge is 0.274 e. The predicted molar refractivity (Wildman–Crippen MR) is 63.8 cm³/mol. The van der Waals surface area contributed by atoms with Gasteiger partial charge in [-0.2, -0.15) is 5.10 Å². The molecule has 0 radical (unpaired) electrons. The fraction of sp³-hybridized carbons (Fsp3) is 0.300. The third kappa shape index (κ3) is 2.59. The third-order valence-corrected chi connectivity index (χ3v) is 2.33. The van der Waals surface area contributed by atoms with Crippen molar-refractivity contribution in [3.63, 3.8) is 0 Å². The van der Waals surface area contributed by atoms with E-state index in [1.807, 2.05) is 0 Å². The topological polar surface area (TPSA) is 99.7 Å². The van der Waals surface area contributed by atoms with Crippen molar-refractivity contribution < 1.29 is 4.79 Å². The molecule has 8 nitrogen and oxygen atoms in total. The Morgan fingerprint density at radius 3 is 2.78 bits per heavy atom. The number of aromatic nitrogens is 5. The number of nitrogens with zero attached hydrogens (tertiary/aromatic N) is 5. The maximum Gasteiger partial charge on any atom is 0.274 e. The van der Waals surface area contributed by atoms with Crippen molar-refractivity contribution in [1.29, 1.82) is 0 Å². The summed E-state index contributed by atoms with van der Waals surface area (Å²) in [6.45, 7) is 0.342. The van der Waals surface area contributed by atoms with Crippen LogP contribution in [0.3, 0.4) is 0 Å². The standard InChI is InChI=1S/C10H13N7O/c1-11-8-4-12-7(3-13-8)10(18)17(2)5-9-14-6-15-16-9/h3-4,6H,5H2,1-2H3,(H,11,13)(H,14,15,16). The van der Waals surface area contributed by atoms with E-state index in [4.69, 9.17) is 0 Å². The molecule has 2 aromatic heterocycles. The fourth-order valence-electron chi connectivity index (χ4n) is 1.37. The molecule has 0 aliphatic carbocycles. The molecule has 0 fully saturated rings. The van der Waals surface area contributed by atoms with Crippen LogP contribution in [0.2, 0.25) is 0 Å². The number of H-pyrrole nitrogens is 1. The molecule has 94 valence electrons. The summed E-state index contributed by atoms with van der Waals surface area (Å²) in [6, 6.07) is 0. The second kappa shape index (κ2) is 5.21. The van der Waals surface area contributed by atoms with Crippen LogP contribution in [0, 0.1) is 0 Å². The molecule has 2 heterocycles. The van der Waals surface area contributed by atoms with E-state index in [1.165, 1.54) is 23.6 Å². The van der Waals surface area contributed by atoms with Crippen LogP contribution in [0.1, 0.15) is 16.3 Å². The molecular weight excluding hydrogens is 234 g/mol. The zero-order valence-electron chi connectivity index (χ0n) is 10.1. The highest BCUT2D eigenvalue weighted by Gasteiger charge is 2.14. The van der Waals surface area contributed by atoms with E-state index in [-0.39, 0.29) is 11.6 Å². The highest BCUT2D eigenvalue weighted by Crippen LogP contribution is 2.04. The zero-order valence-corrected chi connectivity index (χ0v) is 10.1. The van der Waals surface area contributed by atoms with Gasteiger partial charge in [-0.05, 0) is 0 Å². The first-order valence-electron chi connectivity index (χ1n) is 5.30. The van der Waals surface area contributed by atoms with Gasteiger partial charge < -0.3 is 10.2 Å². The lowest BCUT2D eigenvalue weighted by atomic mass is 10.3. The van der Waals surface area contributed by atoms with Crippen molar-refractivity contribution in [2.45, 2.75) is 6.54 Å². The lowest BCUT2D eigenvalue weighted by molar-refractivity contribution is 0.0775. The molecular formula is C10H13N7O. The maximum atomic E-state index is 12.0. The number of rotatable bonds is 4. The first-order chi connectivity index (χ1) is 8.70. The average Bonchev–Trinajstić information content (AvgIpc) is 2.91. The van der Waals surface area contributed by atoms with Crippen LogP contribution in [-0.2, 0) is 6.54 Å². The normalized spacial score (nSPS) is 10.1. The van der Waals surface area contributed by atoms with Gasteiger partial charge in [0.15, 0.2) is 0 Å². The van der Waals surface area contributed by atoms with E-state index in [1.54, 1.807) is 14.1 Å². The van der Waals surface area contributed by atoms with Crippen LogP contribution in [0.15, 0.2) is 18.7 Å². The summed E-state index contributed by atoms with van der Waals surface area (Å²) in [6.07, 6.45) is 4.34. The first-order valence-corrected chi connectivity index (χ1v) is 5.30. The third-order valence-electron chi connectivity index (χ3n) is 2.33. The minimum Gasteiger partial charge on any atom is -0.372 e. The van der Waals surface area contributed by atoms with Gasteiger partial charge in [-0.15, -0.1) is 0 Å². The Bertz CT molecular complexity index is 508. The van der Waals surface area contributed by atoms with Crippen LogP contribution in [-0.4, -0.2) is 50.1 Å². The molecule has 0 aliphatic rings. The van der Waals surface area contributed by atoms with E-state index in [0.717, 1.165) is 0 Å². The summed E-state index contributed by atoms with van der Waals surface area (Å²) in [7, 11) is 3.40. The number of hydrogen-bond donors (Lipinski definition) is 2. The molecule has 2 rings (SSSR count). The second-order valence-corrected chi connectivity index (χ2v) is 3.63. The van der Waals surface area contributed by atoms with Gasteiger partial charge >= 0.3 is 0 Å². The molecule has 0 saturated carbocycles. The highest BCUT2D eigenvalue weighted by molar-refractivity contribution is 5.91. The van der Waals surface area contributed by atoms with Crippen molar-refractivity contribution in [1.82, 2.24) is 30.0 Å². The van der Waals surface area contributed by atoms with E-state index in [0.29, 0.717) is 18.2 Å². The minimum absolute atomic E-state index is 0.221. The quantitative estimate of drug-likeness (QED) is 0.783. The minimum atomic E-state index is -0.221. The van der Waals surface area contributed by atoms with Gasteiger partial charge in [-0.1, -0.05) is 0 Å². The number of aromatic amines is 1. The second-order valence-electron chi connectivity index (χ2n) is 3.63. The van der Waals surface area contributed by atoms with Crippen LogP contribution in [0.25, 0.3) is 0 Å². The van der Waals surface area contributed by atoms with Gasteiger partial charge in [0.25, 0.3) is 5.91 Å². The molecule has 1 amide bonds. The van der Waals surface area contributed by atoms with Gasteiger partial charge in [0.1, 0.15) is 23.7 Å². The number of carbonyl (C=O) groups excluding carboxylic acids is 1. The maximum absolute atomic E-state index is 12.0. The predicted octanol–water partition coefficient (Wildman–Crippen LogP) is -0.0914. The number of anilines is 1. The van der Waals surface area contributed by atoms with Crippen molar-refractivity contribution in [3.8, 4) is 0 Å². The van der Waals surface area contributed by atoms with Crippen LogP contribution in [0.5, 0.6) is 0 Å². The van der Waals surface area contributed by atoms with Gasteiger partial charge in [-0.25, -0.2) is 15.0 Å². The number of amides is 1. The summed E-state index contributed by atoms with van der Waals surface area (Å²) in [4.78, 5) is 25.5. The van der Waals surface area contributed by atoms with Crippen LogP contribution < -0.4 is 5.32 Å². The molecule has 0 unspecified atom stereocenters. The molecule has 2 aromatic rings. The largest absolute Gasteiger partial charge is 0.372 e. The number of carbonyl (C=O) groups is 1. The summed E-state index contributed by atoms with van der Waals surface area (Å²) < 4.78 is 0. The zero-order chi connectivity index (χ0) is 13.0. The van der Waals surface area contributed by atoms with E-state index < -0.39 is 0 Å². The Morgan fingerprint density at radius 1 is 1.39 bits per heavy atom. The lowest BCUT2D eigenvalue weighted by Gasteiger charge is -2.14. The fourth-order valence-corrected chi connectivity index (χ4v) is 1.37. The molecule has 0 aliphatic heterocycles. The Balaban J connectivity index is 2.05. The molecule has 0 bridgehead atoms. The Hall–Kier alpha value is -2.51. The van der Waals surface area contributed by atoms with Gasteiger partial charge in [0.05, 0.1) is 18.9 Å². The van der Waals surface area contributed by atoms with Crippen molar-refractivity contribution >= 4 is 11.7 Å². The van der Waals surface area contributed by atoms with Crippen LogP contribution >= 0.6 is 0 Å². The highest BCUT2D eigenvalue weighted by atomic mass is 16.2. The summed E-state index contributed by atoms with van der Waals surface area (Å²) in [5, 5.41) is 9.25. The Labute approximate surface area is 103 Å². The van der Waals surface area contributed by atoms with Crippen molar-refractivity contribution in [3.05, 3.63) is 30.2 Å². The molecule has 0 saturated heterocycles. The molecule has 0 aromatic carbocycles. The summed E-state index contributed by atoms with van der Waals surface area (Å²) >= 11 is 0. The van der Waals surface area contributed by atoms with Gasteiger partial charge in [0, 0.05) is 14.1 Å². The number of nitrogens with one attached hydrogen (secondary N) is 2. The first kappa shape index (κ1) is 12.0. The Morgan fingerprint density at radius 2 is 2.22 bits per heavy atom. The molecule has 0 spiro atoms. The summed E-state index contributed by atoms with van der Waals surface area (Å²) in [5.41, 5.74) is 0.288. The Kier molecular flexibility index (Phi) is 3.46. The van der Waals surface area contributed by atoms with Crippen LogP contribution in [0.4, 0.5) is 5.82 Å². The van der Waals surface area contributed by atoms with E-state index >= 15 is 0 Å². The summed E-state index contributed by atoms with van der Waals surface area (Å²) in [5.74, 6) is 1.01.